The Labute approximate surface area is 125 Å². The summed E-state index contributed by atoms with van der Waals surface area (Å²) in [5.74, 6) is 0.796. The fourth-order valence-corrected chi connectivity index (χ4v) is 3.32. The molecule has 20 heavy (non-hydrogen) atoms. The van der Waals surface area contributed by atoms with Gasteiger partial charge in [-0.3, -0.25) is 14.8 Å². The van der Waals surface area contributed by atoms with E-state index in [1.165, 1.54) is 0 Å². The summed E-state index contributed by atoms with van der Waals surface area (Å²) >= 11 is 3.21. The van der Waals surface area contributed by atoms with Crippen LogP contribution in [0.25, 0.3) is 11.3 Å². The van der Waals surface area contributed by atoms with Crippen molar-refractivity contribution in [1.82, 2.24) is 10.3 Å². The van der Waals surface area contributed by atoms with Gasteiger partial charge in [-0.2, -0.15) is 11.3 Å². The van der Waals surface area contributed by atoms with Crippen LogP contribution >= 0.6 is 23.1 Å². The number of thiophene rings is 1. The van der Waals surface area contributed by atoms with Gasteiger partial charge in [0.15, 0.2) is 5.17 Å². The Balaban J connectivity index is 1.82. The SMILES string of the molecule is Cc1nc(-c2ccsc2)ccc1C(=O)NC1=NCCS1. The van der Waals surface area contributed by atoms with Crippen LogP contribution in [0.4, 0.5) is 0 Å². The number of hydrogen-bond acceptors (Lipinski definition) is 5. The van der Waals surface area contributed by atoms with Crippen LogP contribution in [0.3, 0.4) is 0 Å². The van der Waals surface area contributed by atoms with Gasteiger partial charge in [0.25, 0.3) is 5.91 Å². The maximum atomic E-state index is 12.2. The molecule has 0 atom stereocenters. The fraction of sp³-hybridized carbons (Fsp3) is 0.214. The van der Waals surface area contributed by atoms with E-state index in [9.17, 15) is 4.79 Å². The van der Waals surface area contributed by atoms with Gasteiger partial charge in [0.2, 0.25) is 0 Å². The summed E-state index contributed by atoms with van der Waals surface area (Å²) in [6.45, 7) is 2.63. The first-order valence-corrected chi connectivity index (χ1v) is 8.16. The number of carbonyl (C=O) groups excluding carboxylic acids is 1. The highest BCUT2D eigenvalue weighted by Crippen LogP contribution is 2.21. The van der Waals surface area contributed by atoms with Crippen molar-refractivity contribution in [1.29, 1.82) is 0 Å². The average Bonchev–Trinajstić information content (AvgIpc) is 3.11. The van der Waals surface area contributed by atoms with E-state index in [2.05, 4.69) is 15.3 Å². The minimum atomic E-state index is -0.139. The molecule has 0 saturated carbocycles. The number of thioether (sulfide) groups is 1. The largest absolute Gasteiger partial charge is 0.301 e. The molecule has 0 bridgehead atoms. The molecule has 3 heterocycles. The number of aryl methyl sites for hydroxylation is 1. The molecule has 4 nitrogen and oxygen atoms in total. The Kier molecular flexibility index (Phi) is 3.84. The average molecular weight is 303 g/mol. The highest BCUT2D eigenvalue weighted by molar-refractivity contribution is 8.14. The molecule has 6 heteroatoms. The molecule has 3 rings (SSSR count). The van der Waals surface area contributed by atoms with E-state index in [1.807, 2.05) is 35.9 Å². The summed E-state index contributed by atoms with van der Waals surface area (Å²) < 4.78 is 0. The number of rotatable bonds is 2. The first-order chi connectivity index (χ1) is 9.74. The second-order valence-corrected chi connectivity index (χ2v) is 6.19. The van der Waals surface area contributed by atoms with Crippen molar-refractivity contribution < 1.29 is 4.79 Å². The molecule has 1 N–H and O–H groups in total. The summed E-state index contributed by atoms with van der Waals surface area (Å²) in [5, 5.41) is 7.59. The van der Waals surface area contributed by atoms with Gasteiger partial charge in [-0.15, -0.1) is 0 Å². The van der Waals surface area contributed by atoms with Crippen LogP contribution < -0.4 is 5.32 Å². The molecule has 0 aromatic carbocycles. The Morgan fingerprint density at radius 1 is 1.35 bits per heavy atom. The number of carbonyl (C=O) groups is 1. The minimum absolute atomic E-state index is 0.139. The van der Waals surface area contributed by atoms with Crippen molar-refractivity contribution in [2.24, 2.45) is 4.99 Å². The van der Waals surface area contributed by atoms with Crippen LogP contribution in [0.5, 0.6) is 0 Å². The van der Waals surface area contributed by atoms with Crippen molar-refractivity contribution in [3.05, 3.63) is 40.2 Å². The number of hydrogen-bond donors (Lipinski definition) is 1. The summed E-state index contributed by atoms with van der Waals surface area (Å²) in [6.07, 6.45) is 0. The maximum Gasteiger partial charge on any atom is 0.259 e. The van der Waals surface area contributed by atoms with Crippen molar-refractivity contribution in [2.45, 2.75) is 6.92 Å². The highest BCUT2D eigenvalue weighted by Gasteiger charge is 2.15. The Bertz CT molecular complexity index is 665. The number of pyridine rings is 1. The topological polar surface area (TPSA) is 54.4 Å². The fourth-order valence-electron chi connectivity index (χ4n) is 1.95. The molecule has 0 radical (unpaired) electrons. The predicted molar refractivity (Wildman–Crippen MR) is 84.5 cm³/mol. The van der Waals surface area contributed by atoms with Crippen LogP contribution in [0.2, 0.25) is 0 Å². The van der Waals surface area contributed by atoms with Crippen molar-refractivity contribution in [3.63, 3.8) is 0 Å². The Hall–Kier alpha value is -1.66. The van der Waals surface area contributed by atoms with Gasteiger partial charge in [-0.1, -0.05) is 11.8 Å². The summed E-state index contributed by atoms with van der Waals surface area (Å²) in [6, 6.07) is 5.73. The van der Waals surface area contributed by atoms with Crippen LogP contribution in [0, 0.1) is 6.92 Å². The predicted octanol–water partition coefficient (Wildman–Crippen LogP) is 2.95. The smallest absolute Gasteiger partial charge is 0.259 e. The molecular weight excluding hydrogens is 290 g/mol. The number of nitrogens with one attached hydrogen (secondary N) is 1. The lowest BCUT2D eigenvalue weighted by molar-refractivity contribution is 0.0977. The highest BCUT2D eigenvalue weighted by atomic mass is 32.2. The van der Waals surface area contributed by atoms with Crippen molar-refractivity contribution in [2.75, 3.05) is 12.3 Å². The van der Waals surface area contributed by atoms with Crippen LogP contribution in [-0.2, 0) is 0 Å². The molecule has 0 unspecified atom stereocenters. The van der Waals surface area contributed by atoms with Crippen LogP contribution in [-0.4, -0.2) is 28.4 Å². The second-order valence-electron chi connectivity index (χ2n) is 4.33. The lowest BCUT2D eigenvalue weighted by atomic mass is 10.1. The van der Waals surface area contributed by atoms with E-state index >= 15 is 0 Å². The zero-order valence-corrected chi connectivity index (χ0v) is 12.6. The van der Waals surface area contributed by atoms with E-state index in [4.69, 9.17) is 0 Å². The molecule has 0 aliphatic carbocycles. The van der Waals surface area contributed by atoms with Gasteiger partial charge < -0.3 is 5.32 Å². The Morgan fingerprint density at radius 2 is 2.25 bits per heavy atom. The van der Waals surface area contributed by atoms with Crippen molar-refractivity contribution >= 4 is 34.2 Å². The van der Waals surface area contributed by atoms with E-state index in [0.29, 0.717) is 10.7 Å². The molecule has 0 fully saturated rings. The number of aliphatic imine (C=N–C) groups is 1. The molecule has 0 saturated heterocycles. The second kappa shape index (κ2) is 5.76. The van der Waals surface area contributed by atoms with Gasteiger partial charge in [-0.05, 0) is 30.5 Å². The quantitative estimate of drug-likeness (QED) is 0.928. The molecule has 1 aliphatic heterocycles. The molecule has 2 aromatic heterocycles. The third-order valence-corrected chi connectivity index (χ3v) is 4.53. The van der Waals surface area contributed by atoms with Gasteiger partial charge in [0.05, 0.1) is 23.5 Å². The van der Waals surface area contributed by atoms with Crippen LogP contribution in [0.15, 0.2) is 34.0 Å². The van der Waals surface area contributed by atoms with Gasteiger partial charge >= 0.3 is 0 Å². The number of nitrogens with zero attached hydrogens (tertiary/aromatic N) is 2. The van der Waals surface area contributed by atoms with E-state index in [-0.39, 0.29) is 5.91 Å². The minimum Gasteiger partial charge on any atom is -0.301 e. The molecule has 1 amide bonds. The molecule has 2 aromatic rings. The third-order valence-electron chi connectivity index (χ3n) is 2.95. The molecular formula is C14H13N3OS2. The van der Waals surface area contributed by atoms with Crippen LogP contribution in [0.1, 0.15) is 16.1 Å². The van der Waals surface area contributed by atoms with Gasteiger partial charge in [0.1, 0.15) is 0 Å². The van der Waals surface area contributed by atoms with Gasteiger partial charge in [0, 0.05) is 16.7 Å². The zero-order chi connectivity index (χ0) is 13.9. The van der Waals surface area contributed by atoms with E-state index < -0.39 is 0 Å². The molecule has 102 valence electrons. The first-order valence-electron chi connectivity index (χ1n) is 6.23. The summed E-state index contributed by atoms with van der Waals surface area (Å²) in [4.78, 5) is 20.9. The number of amides is 1. The number of aromatic nitrogens is 1. The van der Waals surface area contributed by atoms with Crippen molar-refractivity contribution in [3.8, 4) is 11.3 Å². The zero-order valence-electron chi connectivity index (χ0n) is 10.9. The molecule has 0 spiro atoms. The Morgan fingerprint density at radius 3 is 2.90 bits per heavy atom. The maximum absolute atomic E-state index is 12.2. The molecule has 1 aliphatic rings. The van der Waals surface area contributed by atoms with Gasteiger partial charge in [-0.25, -0.2) is 0 Å². The lowest BCUT2D eigenvalue weighted by Crippen LogP contribution is -2.28. The lowest BCUT2D eigenvalue weighted by Gasteiger charge is -2.07. The summed E-state index contributed by atoms with van der Waals surface area (Å²) in [7, 11) is 0. The third kappa shape index (κ3) is 2.76. The van der Waals surface area contributed by atoms with E-state index in [1.54, 1.807) is 23.1 Å². The normalized spacial score (nSPS) is 14.2. The standard InChI is InChI=1S/C14H13N3OS2/c1-9-11(13(18)17-14-15-5-7-20-14)2-3-12(16-9)10-4-6-19-8-10/h2-4,6,8H,5,7H2,1H3,(H,15,17,18). The monoisotopic (exact) mass is 303 g/mol. The number of amidine groups is 1. The van der Waals surface area contributed by atoms with E-state index in [0.717, 1.165) is 29.2 Å². The summed E-state index contributed by atoms with van der Waals surface area (Å²) in [5.41, 5.74) is 3.31. The first kappa shape index (κ1) is 13.3.